The van der Waals surface area contributed by atoms with Gasteiger partial charge in [-0.15, -0.1) is 0 Å². The molecule has 2 aliphatic heterocycles. The van der Waals surface area contributed by atoms with Crippen molar-refractivity contribution < 1.29 is 54.6 Å². The minimum Gasteiger partial charge on any atom is -0.471 e. The highest BCUT2D eigenvalue weighted by molar-refractivity contribution is 7.91. The first-order valence-electron chi connectivity index (χ1n) is 20.5. The summed E-state index contributed by atoms with van der Waals surface area (Å²) in [5, 5.41) is 12.2. The van der Waals surface area contributed by atoms with E-state index >= 15 is 8.78 Å². The van der Waals surface area contributed by atoms with Gasteiger partial charge in [0, 0.05) is 24.5 Å². The summed E-state index contributed by atoms with van der Waals surface area (Å²) in [5.74, 6) is -10.1. The number of fused-ring (bicyclic) bond motifs is 5. The van der Waals surface area contributed by atoms with Crippen LogP contribution in [0.3, 0.4) is 0 Å². The average Bonchev–Trinajstić information content (AvgIpc) is 4.14. The highest BCUT2D eigenvalue weighted by Crippen LogP contribution is 2.55. The minimum absolute atomic E-state index is 0.0620. The second-order valence-electron chi connectivity index (χ2n) is 18.4. The van der Waals surface area contributed by atoms with Gasteiger partial charge in [-0.2, -0.15) is 14.0 Å². The zero-order chi connectivity index (χ0) is 44.4. The SMILES string of the molecule is CC[C@@H]1[C@@H]2CN(C(=O)[C@H](C(C)(C)C)NC(=O)O[C@@H]3C[C@H]3CCCCC(F)(F)c3nc4ccc(C#N)cc4nc3O2)[C@@H]1C(=O)N=C[C@]1(C(=O)NS(=O)(=O)C2(C)CC2)C[C@H]1C(F)F. The third-order valence-electron chi connectivity index (χ3n) is 12.8. The largest absolute Gasteiger partial charge is 0.471 e. The van der Waals surface area contributed by atoms with Crippen LogP contribution in [0.5, 0.6) is 5.88 Å². The van der Waals surface area contributed by atoms with Crippen molar-refractivity contribution in [2.45, 2.75) is 134 Å². The molecular weight excluding hydrogens is 827 g/mol. The van der Waals surface area contributed by atoms with Gasteiger partial charge in [0.25, 0.3) is 11.8 Å². The summed E-state index contributed by atoms with van der Waals surface area (Å²) < 4.78 is 99.4. The maximum Gasteiger partial charge on any atom is 0.408 e. The van der Waals surface area contributed by atoms with E-state index in [1.54, 1.807) is 27.7 Å². The number of hydrogen-bond donors (Lipinski definition) is 2. The lowest BCUT2D eigenvalue weighted by atomic mass is 9.85. The molecule has 7 rings (SSSR count). The molecule has 0 radical (unpaired) electrons. The zero-order valence-electron chi connectivity index (χ0n) is 34.4. The Morgan fingerprint density at radius 1 is 1.11 bits per heavy atom. The molecule has 330 valence electrons. The molecule has 61 heavy (non-hydrogen) atoms. The third kappa shape index (κ3) is 8.63. The van der Waals surface area contributed by atoms with Crippen molar-refractivity contribution in [1.29, 1.82) is 5.26 Å². The van der Waals surface area contributed by atoms with Crippen LogP contribution >= 0.6 is 0 Å². The predicted octanol–water partition coefficient (Wildman–Crippen LogP) is 5.55. The number of benzene rings is 1. The summed E-state index contributed by atoms with van der Waals surface area (Å²) >= 11 is 0. The summed E-state index contributed by atoms with van der Waals surface area (Å²) in [7, 11) is -4.26. The van der Waals surface area contributed by atoms with Crippen molar-refractivity contribution in [2.75, 3.05) is 6.54 Å². The number of sulfonamides is 1. The molecule has 1 aromatic heterocycles. The number of hydrogen-bond acceptors (Lipinski definition) is 11. The molecule has 2 bridgehead atoms. The number of nitrogens with one attached hydrogen (secondary N) is 2. The summed E-state index contributed by atoms with van der Waals surface area (Å²) in [6.45, 7) is 7.63. The smallest absolute Gasteiger partial charge is 0.408 e. The molecule has 15 nitrogen and oxygen atoms in total. The lowest BCUT2D eigenvalue weighted by Gasteiger charge is -2.35. The normalized spacial score (nSPS) is 31.1. The molecule has 0 spiro atoms. The number of alkyl carbamates (subject to hydrolysis) is 1. The molecule has 2 aromatic rings. The molecule has 2 N–H and O–H groups in total. The van der Waals surface area contributed by atoms with Crippen molar-refractivity contribution in [3.63, 3.8) is 0 Å². The Labute approximate surface area is 350 Å². The van der Waals surface area contributed by atoms with Crippen LogP contribution in [0.2, 0.25) is 0 Å². The summed E-state index contributed by atoms with van der Waals surface area (Å²) in [5.41, 5.74) is -3.63. The molecule has 5 aliphatic rings. The lowest BCUT2D eigenvalue weighted by molar-refractivity contribution is -0.141. The van der Waals surface area contributed by atoms with Crippen LogP contribution < -0.4 is 14.8 Å². The number of nitriles is 1. The van der Waals surface area contributed by atoms with Crippen molar-refractivity contribution in [2.24, 2.45) is 33.6 Å². The Morgan fingerprint density at radius 2 is 1.84 bits per heavy atom. The molecule has 20 heteroatoms. The number of alkyl halides is 4. The third-order valence-corrected chi connectivity index (χ3v) is 15.0. The van der Waals surface area contributed by atoms with Gasteiger partial charge in [0.1, 0.15) is 24.3 Å². The Kier molecular flexibility index (Phi) is 11.4. The first kappa shape index (κ1) is 44.1. The van der Waals surface area contributed by atoms with Gasteiger partial charge in [-0.25, -0.2) is 37.0 Å². The van der Waals surface area contributed by atoms with Crippen molar-refractivity contribution in [1.82, 2.24) is 24.9 Å². The van der Waals surface area contributed by atoms with E-state index in [0.717, 1.165) is 4.90 Å². The number of amides is 4. The van der Waals surface area contributed by atoms with Gasteiger partial charge in [-0.3, -0.25) is 19.1 Å². The maximum absolute atomic E-state index is 16.3. The number of aliphatic imine (C=N–C) groups is 1. The fourth-order valence-corrected chi connectivity index (χ4v) is 9.69. The van der Waals surface area contributed by atoms with Crippen molar-refractivity contribution in [3.8, 4) is 11.9 Å². The predicted molar refractivity (Wildman–Crippen MR) is 210 cm³/mol. The van der Waals surface area contributed by atoms with E-state index in [2.05, 4.69) is 20.3 Å². The van der Waals surface area contributed by atoms with Gasteiger partial charge >= 0.3 is 6.09 Å². The minimum atomic E-state index is -4.26. The summed E-state index contributed by atoms with van der Waals surface area (Å²) in [6.07, 6.45) is -4.08. The second-order valence-corrected chi connectivity index (χ2v) is 20.6. The first-order chi connectivity index (χ1) is 28.5. The first-order valence-corrected chi connectivity index (χ1v) is 22.0. The van der Waals surface area contributed by atoms with E-state index in [1.807, 2.05) is 10.8 Å². The number of carbonyl (C=O) groups is 4. The van der Waals surface area contributed by atoms with Gasteiger partial charge in [0.2, 0.25) is 34.1 Å². The van der Waals surface area contributed by atoms with Gasteiger partial charge in [-0.05, 0) is 81.4 Å². The Balaban J connectivity index is 1.29. The molecule has 3 heterocycles. The number of nitrogens with zero attached hydrogens (tertiary/aromatic N) is 5. The molecule has 4 fully saturated rings. The van der Waals surface area contributed by atoms with Crippen LogP contribution in [0.15, 0.2) is 23.2 Å². The molecule has 1 saturated heterocycles. The lowest BCUT2D eigenvalue weighted by Crippen LogP contribution is -2.57. The van der Waals surface area contributed by atoms with Crippen LogP contribution in [0.25, 0.3) is 11.0 Å². The van der Waals surface area contributed by atoms with Crippen LogP contribution in [0, 0.1) is 39.9 Å². The number of aromatic nitrogens is 2. The van der Waals surface area contributed by atoms with E-state index in [-0.39, 0.29) is 48.2 Å². The molecule has 3 aliphatic carbocycles. The Bertz CT molecular complexity index is 2310. The second kappa shape index (κ2) is 15.8. The fraction of sp³-hybridized carbons (Fsp3) is 0.659. The summed E-state index contributed by atoms with van der Waals surface area (Å²) in [4.78, 5) is 69.6. The Morgan fingerprint density at radius 3 is 2.46 bits per heavy atom. The topological polar surface area (TPSA) is 210 Å². The van der Waals surface area contributed by atoms with Crippen LogP contribution in [0.1, 0.15) is 104 Å². The highest BCUT2D eigenvalue weighted by atomic mass is 32.2. The van der Waals surface area contributed by atoms with Crippen LogP contribution in [-0.2, 0) is 35.1 Å². The van der Waals surface area contributed by atoms with Gasteiger partial charge < -0.3 is 19.7 Å². The van der Waals surface area contributed by atoms with E-state index in [0.29, 0.717) is 25.5 Å². The van der Waals surface area contributed by atoms with E-state index in [1.165, 1.54) is 25.1 Å². The van der Waals surface area contributed by atoms with Crippen molar-refractivity contribution >= 4 is 51.1 Å². The zero-order valence-corrected chi connectivity index (χ0v) is 35.2. The standard InChI is InChI=1S/C41H49F4N7O8S/c1-6-23-28-19-52(29(23)33(53)47-20-40(17-24(40)32(42)43)36(55)51-61(57,58)39(5)13-14-39)35(54)31(38(2,3)4)50-37(56)60-27-16-22(27)9-7-8-12-41(44,45)30-34(59-28)49-26-15-21(18-46)10-11-25(26)48-30/h10-11,15,20,22-24,27-29,31-32H,6-9,12-14,16-17,19H2,1-5H3,(H,50,56)(H,51,55)/t22-,23-,24+,27-,28+,29+,31-,40-/m1/s1. The number of rotatable bonds is 7. The van der Waals surface area contributed by atoms with Gasteiger partial charge in [0.05, 0.1) is 39.4 Å². The quantitative estimate of drug-likeness (QED) is 0.260. The molecule has 4 amide bonds. The maximum atomic E-state index is 16.3. The van der Waals surface area contributed by atoms with Crippen molar-refractivity contribution in [3.05, 3.63) is 29.5 Å². The van der Waals surface area contributed by atoms with E-state index in [9.17, 15) is 41.6 Å². The molecule has 0 unspecified atom stereocenters. The highest BCUT2D eigenvalue weighted by Gasteiger charge is 2.65. The number of carbonyl (C=O) groups excluding carboxylic acids is 4. The molecule has 3 saturated carbocycles. The van der Waals surface area contributed by atoms with E-state index < -0.39 is 129 Å². The average molecular weight is 876 g/mol. The van der Waals surface area contributed by atoms with Gasteiger partial charge in [0.15, 0.2) is 5.69 Å². The molecule has 8 atom stereocenters. The fourth-order valence-electron chi connectivity index (χ4n) is 8.37. The van der Waals surface area contributed by atoms with E-state index in [4.69, 9.17) is 9.47 Å². The van der Waals surface area contributed by atoms with Gasteiger partial charge in [-0.1, -0.05) is 34.1 Å². The van der Waals surface area contributed by atoms with Crippen LogP contribution in [-0.4, -0.2) is 95.3 Å². The number of halogens is 4. The van der Waals surface area contributed by atoms with Crippen LogP contribution in [0.4, 0.5) is 22.4 Å². The summed E-state index contributed by atoms with van der Waals surface area (Å²) in [6, 6.07) is 3.25. The molecule has 1 aromatic carbocycles. The Hall–Kier alpha value is -4.93. The molecular formula is C41H49F4N7O8S. The monoisotopic (exact) mass is 875 g/mol. The number of ether oxygens (including phenoxy) is 2.